The van der Waals surface area contributed by atoms with Crippen LogP contribution >= 0.6 is 11.8 Å². The minimum Gasteiger partial charge on any atom is -0.360 e. The maximum atomic E-state index is 12.1. The van der Waals surface area contributed by atoms with Gasteiger partial charge < -0.3 is 14.4 Å². The quantitative estimate of drug-likeness (QED) is 0.527. The first-order valence-corrected chi connectivity index (χ1v) is 9.51. The van der Waals surface area contributed by atoms with Crippen LogP contribution in [-0.2, 0) is 4.79 Å². The third kappa shape index (κ3) is 3.37. The molecule has 0 unspecified atom stereocenters. The summed E-state index contributed by atoms with van der Waals surface area (Å²) in [5, 5.41) is 16.5. The van der Waals surface area contributed by atoms with E-state index in [4.69, 9.17) is 4.52 Å². The summed E-state index contributed by atoms with van der Waals surface area (Å²) in [5.74, 6) is 0.979. The van der Waals surface area contributed by atoms with Gasteiger partial charge in [0.05, 0.1) is 11.3 Å². The lowest BCUT2D eigenvalue weighted by molar-refractivity contribution is -0.113. The number of fused-ring (bicyclic) bond motifs is 3. The lowest BCUT2D eigenvalue weighted by Crippen LogP contribution is -2.14. The summed E-state index contributed by atoms with van der Waals surface area (Å²) in [7, 11) is 0. The number of nitrogens with zero attached hydrogens (tertiary/aromatic N) is 5. The molecule has 0 saturated heterocycles. The molecule has 0 bridgehead atoms. The van der Waals surface area contributed by atoms with Crippen molar-refractivity contribution in [1.29, 1.82) is 0 Å². The number of carbonyl (C=O) groups excluding carboxylic acids is 1. The Morgan fingerprint density at radius 1 is 1.30 bits per heavy atom. The van der Waals surface area contributed by atoms with Crippen LogP contribution < -0.4 is 5.32 Å². The second-order valence-corrected chi connectivity index (χ2v) is 7.35. The first-order valence-electron chi connectivity index (χ1n) is 8.52. The molecular formula is C18H18N6O2S. The summed E-state index contributed by atoms with van der Waals surface area (Å²) in [6, 6.07) is 9.94. The highest BCUT2D eigenvalue weighted by molar-refractivity contribution is 7.99. The van der Waals surface area contributed by atoms with Crippen molar-refractivity contribution in [2.45, 2.75) is 32.0 Å². The molecular weight excluding hydrogens is 364 g/mol. The molecule has 0 saturated carbocycles. The topological polar surface area (TPSA) is 98.7 Å². The van der Waals surface area contributed by atoms with Crippen LogP contribution in [0.25, 0.3) is 22.1 Å². The van der Waals surface area contributed by atoms with Crippen LogP contribution in [0, 0.1) is 6.92 Å². The minimum absolute atomic E-state index is 0.154. The number of anilines is 1. The number of rotatable bonds is 5. The monoisotopic (exact) mass is 382 g/mol. The van der Waals surface area contributed by atoms with E-state index in [9.17, 15) is 4.79 Å². The Hall–Kier alpha value is -2.94. The van der Waals surface area contributed by atoms with Gasteiger partial charge in [-0.2, -0.15) is 0 Å². The number of hydrogen-bond donors (Lipinski definition) is 1. The zero-order valence-corrected chi connectivity index (χ0v) is 15.9. The van der Waals surface area contributed by atoms with Gasteiger partial charge in [0.2, 0.25) is 11.1 Å². The van der Waals surface area contributed by atoms with Gasteiger partial charge in [0.25, 0.3) is 0 Å². The van der Waals surface area contributed by atoms with E-state index < -0.39 is 0 Å². The Balaban J connectivity index is 1.58. The molecule has 138 valence electrons. The average Bonchev–Trinajstić information content (AvgIpc) is 3.20. The van der Waals surface area contributed by atoms with E-state index in [-0.39, 0.29) is 17.7 Å². The van der Waals surface area contributed by atoms with Crippen LogP contribution in [0.4, 0.5) is 5.82 Å². The van der Waals surface area contributed by atoms with Gasteiger partial charge in [0, 0.05) is 17.5 Å². The Kier molecular flexibility index (Phi) is 4.53. The molecule has 8 nitrogen and oxygen atoms in total. The molecule has 0 aliphatic rings. The summed E-state index contributed by atoms with van der Waals surface area (Å²) >= 11 is 1.23. The van der Waals surface area contributed by atoms with Gasteiger partial charge in [-0.15, -0.1) is 10.2 Å². The predicted octanol–water partition coefficient (Wildman–Crippen LogP) is 3.59. The number of benzene rings is 1. The Bertz CT molecular complexity index is 1130. The van der Waals surface area contributed by atoms with Crippen LogP contribution in [0.3, 0.4) is 0 Å². The fraction of sp³-hybridized carbons (Fsp3) is 0.278. The van der Waals surface area contributed by atoms with Crippen LogP contribution in [0.2, 0.25) is 0 Å². The van der Waals surface area contributed by atoms with E-state index in [1.165, 1.54) is 11.8 Å². The lowest BCUT2D eigenvalue weighted by Gasteiger charge is -2.10. The van der Waals surface area contributed by atoms with Crippen LogP contribution in [0.5, 0.6) is 0 Å². The summed E-state index contributed by atoms with van der Waals surface area (Å²) in [6.07, 6.45) is 0. The molecule has 4 aromatic rings. The molecule has 1 N–H and O–H groups in total. The zero-order chi connectivity index (χ0) is 19.0. The zero-order valence-electron chi connectivity index (χ0n) is 15.1. The van der Waals surface area contributed by atoms with Crippen LogP contribution in [-0.4, -0.2) is 36.6 Å². The standard InChI is InChI=1S/C18H18N6O2S/c1-10(2)24-13-7-5-4-6-12(13)16-17(24)20-18(22-21-16)27-9-15(25)19-14-8-11(3)26-23-14/h4-8,10H,9H2,1-3H3,(H,19,23,25). The van der Waals surface area contributed by atoms with Crippen molar-refractivity contribution in [1.82, 2.24) is 24.9 Å². The van der Waals surface area contributed by atoms with Crippen molar-refractivity contribution in [3.63, 3.8) is 0 Å². The van der Waals surface area contributed by atoms with Gasteiger partial charge in [-0.25, -0.2) is 4.98 Å². The van der Waals surface area contributed by atoms with Crippen molar-refractivity contribution in [2.24, 2.45) is 0 Å². The molecule has 3 heterocycles. The molecule has 27 heavy (non-hydrogen) atoms. The number of carbonyl (C=O) groups is 1. The number of amides is 1. The summed E-state index contributed by atoms with van der Waals surface area (Å²) < 4.78 is 7.07. The van der Waals surface area contributed by atoms with E-state index in [2.05, 4.69) is 50.1 Å². The minimum atomic E-state index is -0.207. The SMILES string of the molecule is Cc1cc(NC(=O)CSc2nnc3c4ccccc4n(C(C)C)c3n2)no1. The lowest BCUT2D eigenvalue weighted by atomic mass is 10.2. The van der Waals surface area contributed by atoms with Gasteiger partial charge in [-0.1, -0.05) is 35.1 Å². The molecule has 0 spiro atoms. The first-order chi connectivity index (χ1) is 13.0. The fourth-order valence-corrected chi connectivity index (χ4v) is 3.54. The van der Waals surface area contributed by atoms with Gasteiger partial charge in [-0.05, 0) is 26.8 Å². The van der Waals surface area contributed by atoms with E-state index >= 15 is 0 Å². The molecule has 1 amide bonds. The molecule has 0 aliphatic carbocycles. The second-order valence-electron chi connectivity index (χ2n) is 6.41. The first kappa shape index (κ1) is 17.5. The Morgan fingerprint density at radius 3 is 2.85 bits per heavy atom. The maximum Gasteiger partial charge on any atom is 0.236 e. The van der Waals surface area contributed by atoms with Crippen molar-refractivity contribution < 1.29 is 9.32 Å². The van der Waals surface area contributed by atoms with Crippen molar-refractivity contribution in [3.8, 4) is 0 Å². The van der Waals surface area contributed by atoms with Gasteiger partial charge in [-0.3, -0.25) is 4.79 Å². The van der Waals surface area contributed by atoms with E-state index in [1.54, 1.807) is 13.0 Å². The summed E-state index contributed by atoms with van der Waals surface area (Å²) in [4.78, 5) is 16.7. The van der Waals surface area contributed by atoms with Gasteiger partial charge in [0.15, 0.2) is 11.5 Å². The highest BCUT2D eigenvalue weighted by Crippen LogP contribution is 2.29. The Morgan fingerprint density at radius 2 is 2.11 bits per heavy atom. The number of aryl methyl sites for hydroxylation is 1. The predicted molar refractivity (Wildman–Crippen MR) is 104 cm³/mol. The van der Waals surface area contributed by atoms with Crippen LogP contribution in [0.15, 0.2) is 40.0 Å². The smallest absolute Gasteiger partial charge is 0.236 e. The molecule has 0 radical (unpaired) electrons. The fourth-order valence-electron chi connectivity index (χ4n) is 2.96. The van der Waals surface area contributed by atoms with Crippen LogP contribution in [0.1, 0.15) is 25.6 Å². The van der Waals surface area contributed by atoms with Gasteiger partial charge >= 0.3 is 0 Å². The van der Waals surface area contributed by atoms with E-state index in [1.807, 2.05) is 18.2 Å². The molecule has 3 aromatic heterocycles. The number of thioether (sulfide) groups is 1. The Labute approximate surface area is 159 Å². The molecule has 0 aliphatic heterocycles. The molecule has 4 rings (SSSR count). The molecule has 9 heteroatoms. The highest BCUT2D eigenvalue weighted by Gasteiger charge is 2.17. The number of para-hydroxylation sites is 1. The average molecular weight is 382 g/mol. The van der Waals surface area contributed by atoms with Crippen molar-refractivity contribution in [3.05, 3.63) is 36.1 Å². The third-order valence-corrected chi connectivity index (χ3v) is 4.88. The third-order valence-electron chi connectivity index (χ3n) is 4.04. The number of hydrogen-bond acceptors (Lipinski definition) is 7. The largest absolute Gasteiger partial charge is 0.360 e. The van der Waals surface area contributed by atoms with E-state index in [0.717, 1.165) is 22.1 Å². The number of aromatic nitrogens is 5. The molecule has 0 fully saturated rings. The normalized spacial score (nSPS) is 11.6. The highest BCUT2D eigenvalue weighted by atomic mass is 32.2. The molecule has 1 aromatic carbocycles. The van der Waals surface area contributed by atoms with Crippen molar-refractivity contribution in [2.75, 3.05) is 11.1 Å². The van der Waals surface area contributed by atoms with Crippen molar-refractivity contribution >= 4 is 45.6 Å². The molecule has 0 atom stereocenters. The van der Waals surface area contributed by atoms with Gasteiger partial charge in [0.1, 0.15) is 11.3 Å². The van der Waals surface area contributed by atoms with E-state index in [0.29, 0.717) is 16.7 Å². The maximum absolute atomic E-state index is 12.1. The second kappa shape index (κ2) is 6.99. The number of nitrogens with one attached hydrogen (secondary N) is 1. The summed E-state index contributed by atoms with van der Waals surface area (Å²) in [6.45, 7) is 5.97. The summed E-state index contributed by atoms with van der Waals surface area (Å²) in [5.41, 5.74) is 2.62.